The van der Waals surface area contributed by atoms with Crippen LogP contribution in [-0.4, -0.2) is 21.5 Å². The number of aryl methyl sites for hydroxylation is 1. The molecule has 1 fully saturated rings. The molecular weight excluding hydrogens is 214 g/mol. The van der Waals surface area contributed by atoms with Crippen LogP contribution in [0.4, 0.5) is 11.4 Å². The van der Waals surface area contributed by atoms with Crippen molar-refractivity contribution in [3.05, 3.63) is 23.8 Å². The lowest BCUT2D eigenvalue weighted by molar-refractivity contribution is 0.591. The van der Waals surface area contributed by atoms with Crippen LogP contribution < -0.4 is 14.8 Å². The Bertz CT molecular complexity index is 484. The zero-order chi connectivity index (χ0) is 11.1. The van der Waals surface area contributed by atoms with Gasteiger partial charge in [-0.05, 0) is 30.7 Å². The minimum Gasteiger partial charge on any atom is -0.399 e. The van der Waals surface area contributed by atoms with E-state index in [1.807, 2.05) is 6.92 Å². The zero-order valence-electron chi connectivity index (χ0n) is 8.40. The lowest BCUT2D eigenvalue weighted by atomic mass is 10.2. The van der Waals surface area contributed by atoms with Gasteiger partial charge in [0, 0.05) is 18.8 Å². The Kier molecular flexibility index (Phi) is 2.32. The van der Waals surface area contributed by atoms with Gasteiger partial charge in [0.15, 0.2) is 0 Å². The van der Waals surface area contributed by atoms with Crippen LogP contribution in [0.25, 0.3) is 0 Å². The smallest absolute Gasteiger partial charge is 0.301 e. The highest BCUT2D eigenvalue weighted by atomic mass is 32.2. The van der Waals surface area contributed by atoms with Crippen molar-refractivity contribution in [1.82, 2.24) is 4.72 Å². The van der Waals surface area contributed by atoms with E-state index in [0.29, 0.717) is 24.5 Å². The van der Waals surface area contributed by atoms with Crippen LogP contribution in [0.1, 0.15) is 5.56 Å². The van der Waals surface area contributed by atoms with Gasteiger partial charge in [0.1, 0.15) is 0 Å². The Labute approximate surface area is 89.1 Å². The van der Waals surface area contributed by atoms with Crippen molar-refractivity contribution >= 4 is 21.6 Å². The van der Waals surface area contributed by atoms with E-state index in [9.17, 15) is 8.42 Å². The van der Waals surface area contributed by atoms with Crippen molar-refractivity contribution in [2.45, 2.75) is 6.92 Å². The third kappa shape index (κ3) is 1.78. The molecule has 6 heteroatoms. The normalized spacial score (nSPS) is 19.4. The second kappa shape index (κ2) is 3.39. The zero-order valence-corrected chi connectivity index (χ0v) is 9.21. The Morgan fingerprint density at radius 1 is 1.47 bits per heavy atom. The van der Waals surface area contributed by atoms with Gasteiger partial charge >= 0.3 is 10.2 Å². The van der Waals surface area contributed by atoms with Crippen LogP contribution >= 0.6 is 0 Å². The molecule has 2 rings (SSSR count). The Morgan fingerprint density at radius 3 is 2.73 bits per heavy atom. The predicted octanol–water partition coefficient (Wildman–Crippen LogP) is 0.232. The average molecular weight is 227 g/mol. The molecule has 0 radical (unpaired) electrons. The molecule has 15 heavy (non-hydrogen) atoms. The molecule has 3 N–H and O–H groups in total. The van der Waals surface area contributed by atoms with Crippen LogP contribution in [-0.2, 0) is 10.2 Å². The van der Waals surface area contributed by atoms with Crippen LogP contribution in [0.2, 0.25) is 0 Å². The molecule has 0 bridgehead atoms. The summed E-state index contributed by atoms with van der Waals surface area (Å²) in [7, 11) is -3.33. The van der Waals surface area contributed by atoms with Crippen molar-refractivity contribution in [2.24, 2.45) is 0 Å². The number of anilines is 2. The maximum Gasteiger partial charge on any atom is 0.301 e. The predicted molar refractivity (Wildman–Crippen MR) is 59.9 cm³/mol. The van der Waals surface area contributed by atoms with Crippen molar-refractivity contribution in [1.29, 1.82) is 0 Å². The quantitative estimate of drug-likeness (QED) is 0.674. The highest BCUT2D eigenvalue weighted by molar-refractivity contribution is 7.91. The van der Waals surface area contributed by atoms with Gasteiger partial charge in [-0.15, -0.1) is 0 Å². The number of nitrogens with one attached hydrogen (secondary N) is 1. The maximum absolute atomic E-state index is 11.6. The fourth-order valence-electron chi connectivity index (χ4n) is 1.68. The summed E-state index contributed by atoms with van der Waals surface area (Å²) in [6.45, 7) is 2.76. The van der Waals surface area contributed by atoms with E-state index >= 15 is 0 Å². The molecule has 1 heterocycles. The maximum atomic E-state index is 11.6. The number of nitrogens with two attached hydrogens (primary N) is 1. The van der Waals surface area contributed by atoms with E-state index in [1.54, 1.807) is 18.2 Å². The summed E-state index contributed by atoms with van der Waals surface area (Å²) in [5.41, 5.74) is 7.80. The third-order valence-corrected chi connectivity index (χ3v) is 3.91. The number of benzene rings is 1. The molecule has 1 aromatic rings. The van der Waals surface area contributed by atoms with Crippen molar-refractivity contribution in [3.8, 4) is 0 Å². The third-order valence-electron chi connectivity index (χ3n) is 2.38. The van der Waals surface area contributed by atoms with E-state index < -0.39 is 10.2 Å². The summed E-state index contributed by atoms with van der Waals surface area (Å²) in [5, 5.41) is 0. The summed E-state index contributed by atoms with van der Waals surface area (Å²) in [5.74, 6) is 0. The summed E-state index contributed by atoms with van der Waals surface area (Å²) in [4.78, 5) is 0. The van der Waals surface area contributed by atoms with Crippen LogP contribution in [0.5, 0.6) is 0 Å². The second-order valence-corrected chi connectivity index (χ2v) is 5.20. The summed E-state index contributed by atoms with van der Waals surface area (Å²) in [6, 6.07) is 5.20. The fraction of sp³-hybridized carbons (Fsp3) is 0.333. The molecule has 0 atom stereocenters. The number of hydrogen-bond donors (Lipinski definition) is 2. The van der Waals surface area contributed by atoms with Crippen LogP contribution in [0.3, 0.4) is 0 Å². The number of hydrogen-bond acceptors (Lipinski definition) is 3. The van der Waals surface area contributed by atoms with Crippen molar-refractivity contribution in [3.63, 3.8) is 0 Å². The first kappa shape index (κ1) is 10.3. The van der Waals surface area contributed by atoms with Gasteiger partial charge < -0.3 is 5.73 Å². The van der Waals surface area contributed by atoms with Gasteiger partial charge in [0.05, 0.1) is 5.69 Å². The molecule has 0 saturated carbocycles. The van der Waals surface area contributed by atoms with Crippen molar-refractivity contribution < 1.29 is 8.42 Å². The van der Waals surface area contributed by atoms with Crippen molar-refractivity contribution in [2.75, 3.05) is 23.1 Å². The van der Waals surface area contributed by atoms with Gasteiger partial charge in [0.25, 0.3) is 0 Å². The monoisotopic (exact) mass is 227 g/mol. The highest BCUT2D eigenvalue weighted by Gasteiger charge is 2.28. The standard InChI is InChI=1S/C9H13N3O2S/c1-7-6-8(10)2-3-9(7)12-5-4-11-15(12,13)14/h2-3,6,11H,4-5,10H2,1H3. The number of nitrogens with zero attached hydrogens (tertiary/aromatic N) is 1. The molecule has 0 aliphatic carbocycles. The highest BCUT2D eigenvalue weighted by Crippen LogP contribution is 2.25. The van der Waals surface area contributed by atoms with Gasteiger partial charge in [-0.3, -0.25) is 4.31 Å². The number of nitrogen functional groups attached to an aromatic ring is 1. The number of rotatable bonds is 1. The van der Waals surface area contributed by atoms with Gasteiger partial charge in [-0.25, -0.2) is 0 Å². The SMILES string of the molecule is Cc1cc(N)ccc1N1CCNS1(=O)=O. The lowest BCUT2D eigenvalue weighted by Gasteiger charge is -2.18. The molecule has 1 aromatic carbocycles. The van der Waals surface area contributed by atoms with E-state index in [0.717, 1.165) is 5.56 Å². The van der Waals surface area contributed by atoms with E-state index in [-0.39, 0.29) is 0 Å². The van der Waals surface area contributed by atoms with Crippen LogP contribution in [0, 0.1) is 6.92 Å². The Hall–Kier alpha value is -1.27. The fourth-order valence-corrected chi connectivity index (χ4v) is 2.98. The Balaban J connectivity index is 2.46. The lowest BCUT2D eigenvalue weighted by Crippen LogP contribution is -2.29. The molecule has 82 valence electrons. The molecule has 1 aliphatic heterocycles. The molecule has 1 saturated heterocycles. The first-order valence-electron chi connectivity index (χ1n) is 4.64. The first-order chi connectivity index (χ1) is 7.00. The summed E-state index contributed by atoms with van der Waals surface area (Å²) in [6.07, 6.45) is 0. The van der Waals surface area contributed by atoms with Gasteiger partial charge in [-0.1, -0.05) is 0 Å². The Morgan fingerprint density at radius 2 is 2.20 bits per heavy atom. The molecule has 0 unspecified atom stereocenters. The largest absolute Gasteiger partial charge is 0.399 e. The molecule has 0 spiro atoms. The minimum atomic E-state index is -3.33. The minimum absolute atomic E-state index is 0.451. The second-order valence-electron chi connectivity index (χ2n) is 3.52. The van der Waals surface area contributed by atoms with E-state index in [1.165, 1.54) is 4.31 Å². The topological polar surface area (TPSA) is 75.4 Å². The molecule has 0 aromatic heterocycles. The molecule has 0 amide bonds. The first-order valence-corrected chi connectivity index (χ1v) is 6.08. The van der Waals surface area contributed by atoms with Gasteiger partial charge in [-0.2, -0.15) is 13.1 Å². The average Bonchev–Trinajstić information content (AvgIpc) is 2.46. The van der Waals surface area contributed by atoms with E-state index in [2.05, 4.69) is 4.72 Å². The van der Waals surface area contributed by atoms with Gasteiger partial charge in [0.2, 0.25) is 0 Å². The summed E-state index contributed by atoms with van der Waals surface area (Å²) < 4.78 is 27.0. The van der Waals surface area contributed by atoms with Crippen LogP contribution in [0.15, 0.2) is 18.2 Å². The molecule has 5 nitrogen and oxygen atoms in total. The summed E-state index contributed by atoms with van der Waals surface area (Å²) >= 11 is 0. The molecule has 1 aliphatic rings. The van der Waals surface area contributed by atoms with E-state index in [4.69, 9.17) is 5.73 Å². The molecular formula is C9H13N3O2S.